The molecule has 0 nitrogen and oxygen atoms in total. The Morgan fingerprint density at radius 2 is 1.93 bits per heavy atom. The molecule has 0 aromatic heterocycles. The lowest BCUT2D eigenvalue weighted by atomic mass is 9.80. The Morgan fingerprint density at radius 1 is 1.27 bits per heavy atom. The second-order valence-corrected chi connectivity index (χ2v) is 5.81. The minimum Gasteiger partial charge on any atom is -0.0654 e. The van der Waals surface area contributed by atoms with Crippen LogP contribution in [0.2, 0.25) is 0 Å². The highest BCUT2D eigenvalue weighted by molar-refractivity contribution is 9.10. The maximum atomic E-state index is 3.55. The van der Waals surface area contributed by atoms with Gasteiger partial charge in [0, 0.05) is 4.47 Å². The van der Waals surface area contributed by atoms with Gasteiger partial charge < -0.3 is 0 Å². The molecule has 0 N–H and O–H groups in total. The zero-order valence-electron chi connectivity index (χ0n) is 10.2. The monoisotopic (exact) mass is 268 g/mol. The Bertz CT molecular complexity index is 326. The zero-order valence-corrected chi connectivity index (χ0v) is 11.8. The van der Waals surface area contributed by atoms with E-state index in [1.54, 1.807) is 0 Å². The first-order valence-electron chi connectivity index (χ1n) is 5.74. The Kier molecular flexibility index (Phi) is 4.39. The largest absolute Gasteiger partial charge is 0.0654 e. The van der Waals surface area contributed by atoms with Crippen LogP contribution in [-0.2, 0) is 5.41 Å². The first-order valence-corrected chi connectivity index (χ1v) is 6.53. The van der Waals surface area contributed by atoms with Crippen LogP contribution < -0.4 is 0 Å². The fourth-order valence-electron chi connectivity index (χ4n) is 1.83. The summed E-state index contributed by atoms with van der Waals surface area (Å²) >= 11 is 3.55. The molecule has 0 spiro atoms. The van der Waals surface area contributed by atoms with Gasteiger partial charge >= 0.3 is 0 Å². The van der Waals surface area contributed by atoms with Crippen molar-refractivity contribution in [1.82, 2.24) is 0 Å². The van der Waals surface area contributed by atoms with Crippen molar-refractivity contribution in [3.05, 3.63) is 33.8 Å². The predicted octanol–water partition coefficient (Wildman–Crippen LogP) is 5.23. The van der Waals surface area contributed by atoms with Gasteiger partial charge in [0.2, 0.25) is 0 Å². The molecule has 0 saturated carbocycles. The molecule has 0 bridgehead atoms. The van der Waals surface area contributed by atoms with Crippen LogP contribution in [0.5, 0.6) is 0 Å². The van der Waals surface area contributed by atoms with E-state index in [4.69, 9.17) is 0 Å². The van der Waals surface area contributed by atoms with Crippen molar-refractivity contribution < 1.29 is 0 Å². The number of hydrogen-bond acceptors (Lipinski definition) is 0. The molecule has 0 fully saturated rings. The topological polar surface area (TPSA) is 0 Å². The van der Waals surface area contributed by atoms with Gasteiger partial charge in [0.15, 0.2) is 0 Å². The lowest BCUT2D eigenvalue weighted by molar-refractivity contribution is 0.457. The summed E-state index contributed by atoms with van der Waals surface area (Å²) in [6.45, 7) is 9.09. The number of hydrogen-bond donors (Lipinski definition) is 0. The van der Waals surface area contributed by atoms with E-state index in [0.29, 0.717) is 5.41 Å². The highest BCUT2D eigenvalue weighted by atomic mass is 79.9. The summed E-state index contributed by atoms with van der Waals surface area (Å²) in [6.07, 6.45) is 3.85. The van der Waals surface area contributed by atoms with Gasteiger partial charge in [-0.2, -0.15) is 0 Å². The molecular formula is C14H21Br. The van der Waals surface area contributed by atoms with Gasteiger partial charge in [-0.3, -0.25) is 0 Å². The highest BCUT2D eigenvalue weighted by Gasteiger charge is 2.19. The van der Waals surface area contributed by atoms with E-state index in [9.17, 15) is 0 Å². The van der Waals surface area contributed by atoms with Gasteiger partial charge in [0.25, 0.3) is 0 Å². The maximum absolute atomic E-state index is 3.55. The third kappa shape index (κ3) is 3.34. The van der Waals surface area contributed by atoms with Crippen molar-refractivity contribution in [2.24, 2.45) is 0 Å². The molecule has 0 heterocycles. The van der Waals surface area contributed by atoms with Crippen molar-refractivity contribution in [1.29, 1.82) is 0 Å². The zero-order chi connectivity index (χ0) is 11.5. The summed E-state index contributed by atoms with van der Waals surface area (Å²) in [6, 6.07) is 6.71. The fourth-order valence-corrected chi connectivity index (χ4v) is 2.08. The third-order valence-electron chi connectivity index (χ3n) is 3.09. The van der Waals surface area contributed by atoms with Crippen molar-refractivity contribution in [2.45, 2.75) is 52.4 Å². The molecule has 0 unspecified atom stereocenters. The predicted molar refractivity (Wildman–Crippen MR) is 71.4 cm³/mol. The van der Waals surface area contributed by atoms with Crippen molar-refractivity contribution in [3.63, 3.8) is 0 Å². The molecule has 1 aromatic rings. The molecule has 1 heteroatoms. The summed E-state index contributed by atoms with van der Waals surface area (Å²) in [5.74, 6) is 0. The summed E-state index contributed by atoms with van der Waals surface area (Å²) in [5.41, 5.74) is 3.09. The van der Waals surface area contributed by atoms with Crippen LogP contribution in [0.4, 0.5) is 0 Å². The second-order valence-electron chi connectivity index (χ2n) is 4.95. The second kappa shape index (κ2) is 5.16. The average molecular weight is 269 g/mol. The molecule has 1 aromatic carbocycles. The quantitative estimate of drug-likeness (QED) is 0.702. The summed E-state index contributed by atoms with van der Waals surface area (Å²) in [5, 5.41) is 0. The fraction of sp³-hybridized carbons (Fsp3) is 0.571. The molecule has 0 radical (unpaired) electrons. The van der Waals surface area contributed by atoms with E-state index < -0.39 is 0 Å². The molecule has 0 aliphatic heterocycles. The van der Waals surface area contributed by atoms with Gasteiger partial charge in [-0.1, -0.05) is 61.7 Å². The molecule has 0 amide bonds. The molecule has 84 valence electrons. The van der Waals surface area contributed by atoms with Gasteiger partial charge in [0.05, 0.1) is 0 Å². The standard InChI is InChI=1S/C14H21Br/c1-5-6-9-14(3,4)12-7-8-13(15)11(2)10-12/h7-8,10H,5-6,9H2,1-4H3. The number of halogens is 1. The summed E-state index contributed by atoms with van der Waals surface area (Å²) in [7, 11) is 0. The van der Waals surface area contributed by atoms with E-state index in [1.807, 2.05) is 0 Å². The van der Waals surface area contributed by atoms with Crippen LogP contribution >= 0.6 is 15.9 Å². The molecule has 0 saturated heterocycles. The van der Waals surface area contributed by atoms with Crippen molar-refractivity contribution >= 4 is 15.9 Å². The SMILES string of the molecule is CCCCC(C)(C)c1ccc(Br)c(C)c1. The Hall–Kier alpha value is -0.300. The van der Waals surface area contributed by atoms with Gasteiger partial charge in [-0.05, 0) is 36.0 Å². The summed E-state index contributed by atoms with van der Waals surface area (Å²) < 4.78 is 1.21. The number of aryl methyl sites for hydroxylation is 1. The van der Waals surface area contributed by atoms with Gasteiger partial charge in [-0.15, -0.1) is 0 Å². The smallest absolute Gasteiger partial charge is 0.0204 e. The van der Waals surface area contributed by atoms with Crippen molar-refractivity contribution in [2.75, 3.05) is 0 Å². The van der Waals surface area contributed by atoms with E-state index in [1.165, 1.54) is 34.9 Å². The van der Waals surface area contributed by atoms with Gasteiger partial charge in [0.1, 0.15) is 0 Å². The van der Waals surface area contributed by atoms with Crippen LogP contribution in [0.25, 0.3) is 0 Å². The molecule has 0 aliphatic rings. The van der Waals surface area contributed by atoms with E-state index in [0.717, 1.165) is 0 Å². The Morgan fingerprint density at radius 3 is 2.47 bits per heavy atom. The molecule has 1 rings (SSSR count). The first-order chi connectivity index (χ1) is 6.97. The van der Waals surface area contributed by atoms with Crippen molar-refractivity contribution in [3.8, 4) is 0 Å². The third-order valence-corrected chi connectivity index (χ3v) is 3.98. The molecule has 15 heavy (non-hydrogen) atoms. The average Bonchev–Trinajstić information content (AvgIpc) is 2.19. The molecule has 0 atom stereocenters. The Labute approximate surface area is 102 Å². The summed E-state index contributed by atoms with van der Waals surface area (Å²) in [4.78, 5) is 0. The van der Waals surface area contributed by atoms with Crippen LogP contribution in [0.15, 0.2) is 22.7 Å². The maximum Gasteiger partial charge on any atom is 0.0204 e. The van der Waals surface area contributed by atoms with Crippen LogP contribution in [0, 0.1) is 6.92 Å². The Balaban J connectivity index is 2.89. The minimum absolute atomic E-state index is 0.307. The lowest BCUT2D eigenvalue weighted by Crippen LogP contribution is -2.17. The lowest BCUT2D eigenvalue weighted by Gasteiger charge is -2.25. The van der Waals surface area contributed by atoms with E-state index in [-0.39, 0.29) is 0 Å². The van der Waals surface area contributed by atoms with Gasteiger partial charge in [-0.25, -0.2) is 0 Å². The normalized spacial score (nSPS) is 11.8. The molecule has 0 aliphatic carbocycles. The first kappa shape index (κ1) is 12.8. The number of benzene rings is 1. The minimum atomic E-state index is 0.307. The highest BCUT2D eigenvalue weighted by Crippen LogP contribution is 2.31. The van der Waals surface area contributed by atoms with Crippen LogP contribution in [0.3, 0.4) is 0 Å². The molecular weight excluding hydrogens is 248 g/mol. The van der Waals surface area contributed by atoms with E-state index in [2.05, 4.69) is 61.8 Å². The van der Waals surface area contributed by atoms with Crippen LogP contribution in [-0.4, -0.2) is 0 Å². The van der Waals surface area contributed by atoms with E-state index >= 15 is 0 Å². The number of rotatable bonds is 4. The van der Waals surface area contributed by atoms with Crippen LogP contribution in [0.1, 0.15) is 51.2 Å². The number of unbranched alkanes of at least 4 members (excludes halogenated alkanes) is 1.